The van der Waals surface area contributed by atoms with Gasteiger partial charge in [-0.3, -0.25) is 4.79 Å². The molecule has 0 aromatic heterocycles. The minimum Gasteiger partial charge on any atom is -0.494 e. The number of ether oxygens (including phenoxy) is 2. The third kappa shape index (κ3) is 5.61. The van der Waals surface area contributed by atoms with Crippen molar-refractivity contribution in [3.63, 3.8) is 0 Å². The number of hydrogen-bond donors (Lipinski definition) is 0. The van der Waals surface area contributed by atoms with Crippen LogP contribution in [0.15, 0.2) is 48.5 Å². The smallest absolute Gasteiger partial charge is 0.260 e. The average molecular weight is 327 g/mol. The number of nitrogens with zero attached hydrogens (tertiary/aromatic N) is 1. The molecule has 2 aromatic carbocycles. The molecule has 0 unspecified atom stereocenters. The Hall–Kier alpha value is -2.49. The summed E-state index contributed by atoms with van der Waals surface area (Å²) in [5.74, 6) is 1.42. The lowest BCUT2D eigenvalue weighted by molar-refractivity contribution is -0.132. The first-order valence-electron chi connectivity index (χ1n) is 8.23. The molecule has 0 aliphatic carbocycles. The topological polar surface area (TPSA) is 38.8 Å². The van der Waals surface area contributed by atoms with E-state index in [2.05, 4.69) is 6.92 Å². The van der Waals surface area contributed by atoms with Crippen molar-refractivity contribution in [1.29, 1.82) is 0 Å². The van der Waals surface area contributed by atoms with E-state index < -0.39 is 0 Å². The molecule has 2 aromatic rings. The molecule has 4 heteroatoms. The summed E-state index contributed by atoms with van der Waals surface area (Å²) >= 11 is 0. The summed E-state index contributed by atoms with van der Waals surface area (Å²) in [5, 5.41) is 0. The molecule has 0 aliphatic heterocycles. The van der Waals surface area contributed by atoms with Crippen LogP contribution < -0.4 is 9.47 Å². The van der Waals surface area contributed by atoms with E-state index in [-0.39, 0.29) is 12.5 Å². The molecule has 0 spiro atoms. The number of benzene rings is 2. The Labute approximate surface area is 144 Å². The number of hydrogen-bond acceptors (Lipinski definition) is 3. The standard InChI is InChI=1S/C20H25NO3/c1-4-13-23-18-9-11-19(12-10-18)24-15-20(22)21(3)14-17-7-5-16(2)6-8-17/h5-12H,4,13-15H2,1-3H3. The van der Waals surface area contributed by atoms with Crippen LogP contribution in [0, 0.1) is 6.92 Å². The third-order valence-electron chi connectivity index (χ3n) is 3.62. The lowest BCUT2D eigenvalue weighted by Crippen LogP contribution is -2.30. The highest BCUT2D eigenvalue weighted by Crippen LogP contribution is 2.17. The third-order valence-corrected chi connectivity index (χ3v) is 3.62. The Balaban J connectivity index is 1.80. The zero-order valence-corrected chi connectivity index (χ0v) is 14.6. The van der Waals surface area contributed by atoms with Crippen LogP contribution in [0.5, 0.6) is 11.5 Å². The monoisotopic (exact) mass is 327 g/mol. The Morgan fingerprint density at radius 3 is 2.12 bits per heavy atom. The minimum absolute atomic E-state index is 0.0253. The molecule has 0 atom stereocenters. The zero-order chi connectivity index (χ0) is 17.4. The first-order chi connectivity index (χ1) is 11.6. The minimum atomic E-state index is -0.0538. The Morgan fingerprint density at radius 1 is 0.958 bits per heavy atom. The highest BCUT2D eigenvalue weighted by Gasteiger charge is 2.10. The normalized spacial score (nSPS) is 10.3. The molecule has 0 N–H and O–H groups in total. The maximum absolute atomic E-state index is 12.2. The van der Waals surface area contributed by atoms with E-state index in [9.17, 15) is 4.79 Å². The van der Waals surface area contributed by atoms with Gasteiger partial charge in [-0.25, -0.2) is 0 Å². The fraction of sp³-hybridized carbons (Fsp3) is 0.350. The van der Waals surface area contributed by atoms with Crippen LogP contribution in [-0.4, -0.2) is 31.1 Å². The van der Waals surface area contributed by atoms with Crippen molar-refractivity contribution in [2.75, 3.05) is 20.3 Å². The number of rotatable bonds is 8. The van der Waals surface area contributed by atoms with Gasteiger partial charge in [-0.2, -0.15) is 0 Å². The predicted octanol–water partition coefficient (Wildman–Crippen LogP) is 3.82. The highest BCUT2D eigenvalue weighted by molar-refractivity contribution is 5.77. The van der Waals surface area contributed by atoms with E-state index >= 15 is 0 Å². The van der Waals surface area contributed by atoms with Crippen LogP contribution in [0.25, 0.3) is 0 Å². The summed E-state index contributed by atoms with van der Waals surface area (Å²) in [6.07, 6.45) is 0.972. The van der Waals surface area contributed by atoms with E-state index in [0.717, 1.165) is 17.7 Å². The van der Waals surface area contributed by atoms with Gasteiger partial charge in [0, 0.05) is 13.6 Å². The molecule has 0 saturated heterocycles. The second-order valence-corrected chi connectivity index (χ2v) is 5.84. The van der Waals surface area contributed by atoms with E-state index in [4.69, 9.17) is 9.47 Å². The van der Waals surface area contributed by atoms with Gasteiger partial charge >= 0.3 is 0 Å². The molecule has 0 heterocycles. The van der Waals surface area contributed by atoms with Gasteiger partial charge in [0.2, 0.25) is 0 Å². The summed E-state index contributed by atoms with van der Waals surface area (Å²) in [6, 6.07) is 15.5. The van der Waals surface area contributed by atoms with Gasteiger partial charge in [-0.1, -0.05) is 36.8 Å². The first-order valence-corrected chi connectivity index (χ1v) is 8.23. The molecular formula is C20H25NO3. The van der Waals surface area contributed by atoms with E-state index in [1.807, 2.05) is 55.5 Å². The van der Waals surface area contributed by atoms with Gasteiger partial charge in [0.15, 0.2) is 6.61 Å². The van der Waals surface area contributed by atoms with Crippen LogP contribution in [0.3, 0.4) is 0 Å². The Morgan fingerprint density at radius 2 is 1.54 bits per heavy atom. The highest BCUT2D eigenvalue weighted by atomic mass is 16.5. The van der Waals surface area contributed by atoms with Crippen molar-refractivity contribution < 1.29 is 14.3 Å². The molecule has 1 amide bonds. The Kier molecular flexibility index (Phi) is 6.67. The molecule has 0 radical (unpaired) electrons. The number of carbonyl (C=O) groups is 1. The van der Waals surface area contributed by atoms with Crippen molar-refractivity contribution in [2.24, 2.45) is 0 Å². The summed E-state index contributed by atoms with van der Waals surface area (Å²) in [7, 11) is 1.78. The quantitative estimate of drug-likeness (QED) is 0.740. The molecule has 128 valence electrons. The van der Waals surface area contributed by atoms with Crippen LogP contribution in [-0.2, 0) is 11.3 Å². The van der Waals surface area contributed by atoms with Gasteiger partial charge in [0.1, 0.15) is 11.5 Å². The molecule has 0 fully saturated rings. The van der Waals surface area contributed by atoms with Gasteiger partial charge in [-0.15, -0.1) is 0 Å². The lowest BCUT2D eigenvalue weighted by atomic mass is 10.1. The van der Waals surface area contributed by atoms with Crippen molar-refractivity contribution in [2.45, 2.75) is 26.8 Å². The number of carbonyl (C=O) groups excluding carboxylic acids is 1. The van der Waals surface area contributed by atoms with Crippen LogP contribution >= 0.6 is 0 Å². The van der Waals surface area contributed by atoms with Gasteiger partial charge in [0.25, 0.3) is 5.91 Å². The van der Waals surface area contributed by atoms with Crippen LogP contribution in [0.4, 0.5) is 0 Å². The number of amides is 1. The van der Waals surface area contributed by atoms with Crippen molar-refractivity contribution in [3.05, 3.63) is 59.7 Å². The largest absolute Gasteiger partial charge is 0.494 e. The Bertz CT molecular complexity index is 635. The molecular weight excluding hydrogens is 302 g/mol. The lowest BCUT2D eigenvalue weighted by Gasteiger charge is -2.18. The molecule has 2 rings (SSSR count). The van der Waals surface area contributed by atoms with Crippen molar-refractivity contribution in [3.8, 4) is 11.5 Å². The second kappa shape index (κ2) is 8.96. The summed E-state index contributed by atoms with van der Waals surface area (Å²) in [6.45, 7) is 5.41. The number of aryl methyl sites for hydroxylation is 1. The van der Waals surface area contributed by atoms with Gasteiger partial charge < -0.3 is 14.4 Å². The predicted molar refractivity (Wildman–Crippen MR) is 95.4 cm³/mol. The average Bonchev–Trinajstić information content (AvgIpc) is 2.60. The molecule has 4 nitrogen and oxygen atoms in total. The molecule has 0 bridgehead atoms. The first kappa shape index (κ1) is 17.9. The summed E-state index contributed by atoms with van der Waals surface area (Å²) < 4.78 is 11.1. The summed E-state index contributed by atoms with van der Waals surface area (Å²) in [5.41, 5.74) is 2.32. The summed E-state index contributed by atoms with van der Waals surface area (Å²) in [4.78, 5) is 13.8. The van der Waals surface area contributed by atoms with E-state index in [1.54, 1.807) is 11.9 Å². The SMILES string of the molecule is CCCOc1ccc(OCC(=O)N(C)Cc2ccc(C)cc2)cc1. The van der Waals surface area contributed by atoms with Gasteiger partial charge in [0.05, 0.1) is 6.61 Å². The fourth-order valence-electron chi connectivity index (χ4n) is 2.16. The van der Waals surface area contributed by atoms with E-state index in [0.29, 0.717) is 18.9 Å². The molecule has 0 aliphatic rings. The fourth-order valence-corrected chi connectivity index (χ4v) is 2.16. The maximum atomic E-state index is 12.2. The van der Waals surface area contributed by atoms with Crippen LogP contribution in [0.1, 0.15) is 24.5 Å². The van der Waals surface area contributed by atoms with E-state index in [1.165, 1.54) is 5.56 Å². The van der Waals surface area contributed by atoms with Crippen LogP contribution in [0.2, 0.25) is 0 Å². The van der Waals surface area contributed by atoms with Crippen molar-refractivity contribution >= 4 is 5.91 Å². The van der Waals surface area contributed by atoms with Gasteiger partial charge in [-0.05, 0) is 43.2 Å². The molecule has 0 saturated carbocycles. The zero-order valence-electron chi connectivity index (χ0n) is 14.6. The maximum Gasteiger partial charge on any atom is 0.260 e. The molecule has 24 heavy (non-hydrogen) atoms. The second-order valence-electron chi connectivity index (χ2n) is 5.84. The van der Waals surface area contributed by atoms with Crippen molar-refractivity contribution in [1.82, 2.24) is 4.90 Å². The number of likely N-dealkylation sites (N-methyl/N-ethyl adjacent to an activating group) is 1.